The highest BCUT2D eigenvalue weighted by atomic mass is 31.2. The monoisotopic (exact) mass is 772 g/mol. The van der Waals surface area contributed by atoms with Crippen LogP contribution in [0, 0.1) is 0 Å². The lowest BCUT2D eigenvalue weighted by molar-refractivity contribution is -0.870. The van der Waals surface area contributed by atoms with Gasteiger partial charge in [-0.1, -0.05) is 154 Å². The summed E-state index contributed by atoms with van der Waals surface area (Å²) >= 11 is 0. The van der Waals surface area contributed by atoms with Crippen LogP contribution in [0.15, 0.2) is 24.3 Å². The highest BCUT2D eigenvalue weighted by Crippen LogP contribution is 2.38. The van der Waals surface area contributed by atoms with Crippen molar-refractivity contribution in [3.05, 3.63) is 24.3 Å². The first kappa shape index (κ1) is 51.5. The van der Waals surface area contributed by atoms with E-state index >= 15 is 0 Å². The van der Waals surface area contributed by atoms with Crippen LogP contribution in [-0.2, 0) is 32.7 Å². The SMILES string of the molecule is CCCCC/C=C/C/C=C/CCCCCCCCCC(=O)OC[C@@H](COP(=O)([O-])OCC[N+](C)(C)C)OC(=O)CCCCCCCCCCCCCC. The van der Waals surface area contributed by atoms with E-state index in [2.05, 4.69) is 38.2 Å². The van der Waals surface area contributed by atoms with Crippen LogP contribution in [0.5, 0.6) is 0 Å². The number of likely N-dealkylation sites (N-methyl/N-ethyl adjacent to an activating group) is 1. The quantitative estimate of drug-likeness (QED) is 0.0200. The van der Waals surface area contributed by atoms with Gasteiger partial charge in [-0.3, -0.25) is 14.2 Å². The lowest BCUT2D eigenvalue weighted by atomic mass is 10.0. The van der Waals surface area contributed by atoms with Crippen molar-refractivity contribution < 1.29 is 42.1 Å². The fourth-order valence-corrected chi connectivity index (χ4v) is 6.53. The molecule has 0 aromatic heterocycles. The number of ether oxygens (including phenoxy) is 2. The maximum absolute atomic E-state index is 12.6. The summed E-state index contributed by atoms with van der Waals surface area (Å²) in [6.07, 6.45) is 37.7. The molecule has 0 aliphatic heterocycles. The molecular formula is C43H82NO8P. The van der Waals surface area contributed by atoms with Gasteiger partial charge in [-0.05, 0) is 44.9 Å². The molecule has 0 radical (unpaired) electrons. The standard InChI is InChI=1S/C43H82NO8P/c1-6-8-10-12-14-16-18-20-21-22-23-24-26-27-29-31-33-35-42(45)49-39-41(40-51-53(47,48)50-38-37-44(3,4)5)52-43(46)36-34-32-30-28-25-19-17-15-13-11-9-7-2/h14,16,20-21,41H,6-13,15,17-19,22-40H2,1-5H3/b16-14+,21-20+/t41-/m0/s1. The maximum atomic E-state index is 12.6. The molecule has 9 nitrogen and oxygen atoms in total. The van der Waals surface area contributed by atoms with Gasteiger partial charge in [0.05, 0.1) is 27.7 Å². The maximum Gasteiger partial charge on any atom is 0.306 e. The summed E-state index contributed by atoms with van der Waals surface area (Å²) in [5.41, 5.74) is 0. The van der Waals surface area contributed by atoms with Gasteiger partial charge in [0.15, 0.2) is 6.10 Å². The van der Waals surface area contributed by atoms with Crippen molar-refractivity contribution in [3.8, 4) is 0 Å². The van der Waals surface area contributed by atoms with Crippen LogP contribution in [0.1, 0.15) is 187 Å². The summed E-state index contributed by atoms with van der Waals surface area (Å²) in [7, 11) is 1.16. The Morgan fingerprint density at radius 1 is 0.585 bits per heavy atom. The van der Waals surface area contributed by atoms with Gasteiger partial charge in [-0.25, -0.2) is 0 Å². The lowest BCUT2D eigenvalue weighted by Gasteiger charge is -2.28. The van der Waals surface area contributed by atoms with E-state index in [0.717, 1.165) is 51.4 Å². The topological polar surface area (TPSA) is 111 Å². The number of phosphoric ester groups is 1. The van der Waals surface area contributed by atoms with Crippen molar-refractivity contribution in [2.24, 2.45) is 0 Å². The number of carbonyl (C=O) groups excluding carboxylic acids is 2. The molecule has 0 saturated carbocycles. The van der Waals surface area contributed by atoms with Crippen molar-refractivity contribution in [1.29, 1.82) is 0 Å². The fourth-order valence-electron chi connectivity index (χ4n) is 5.80. The molecule has 312 valence electrons. The van der Waals surface area contributed by atoms with Crippen LogP contribution < -0.4 is 4.89 Å². The third-order valence-corrected chi connectivity index (χ3v) is 10.2. The summed E-state index contributed by atoms with van der Waals surface area (Å²) in [5.74, 6) is -0.839. The fraction of sp³-hybridized carbons (Fsp3) is 0.860. The van der Waals surface area contributed by atoms with E-state index in [1.54, 1.807) is 0 Å². The average molecular weight is 772 g/mol. The largest absolute Gasteiger partial charge is 0.756 e. The molecule has 2 atom stereocenters. The van der Waals surface area contributed by atoms with Gasteiger partial charge in [0.1, 0.15) is 19.8 Å². The molecular weight excluding hydrogens is 689 g/mol. The van der Waals surface area contributed by atoms with Crippen molar-refractivity contribution in [2.75, 3.05) is 47.5 Å². The van der Waals surface area contributed by atoms with Crippen molar-refractivity contribution >= 4 is 19.8 Å². The Balaban J connectivity index is 4.35. The first-order chi connectivity index (χ1) is 25.5. The number of allylic oxidation sites excluding steroid dienone is 4. The molecule has 1 unspecified atom stereocenters. The summed E-state index contributed by atoms with van der Waals surface area (Å²) in [4.78, 5) is 37.4. The molecule has 0 heterocycles. The Labute approximate surface area is 326 Å². The number of phosphoric acid groups is 1. The molecule has 0 amide bonds. The molecule has 0 fully saturated rings. The second kappa shape index (κ2) is 36.1. The van der Waals surface area contributed by atoms with E-state index < -0.39 is 26.5 Å². The van der Waals surface area contributed by atoms with Crippen LogP contribution in [0.25, 0.3) is 0 Å². The van der Waals surface area contributed by atoms with Crippen molar-refractivity contribution in [2.45, 2.75) is 193 Å². The number of nitrogens with zero attached hydrogens (tertiary/aromatic N) is 1. The number of hydrogen-bond donors (Lipinski definition) is 0. The molecule has 53 heavy (non-hydrogen) atoms. The molecule has 0 aliphatic rings. The van der Waals surface area contributed by atoms with E-state index in [1.165, 1.54) is 103 Å². The predicted octanol–water partition coefficient (Wildman–Crippen LogP) is 11.3. The van der Waals surface area contributed by atoms with Gasteiger partial charge in [-0.15, -0.1) is 0 Å². The van der Waals surface area contributed by atoms with E-state index in [9.17, 15) is 19.0 Å². The predicted molar refractivity (Wildman–Crippen MR) is 218 cm³/mol. The lowest BCUT2D eigenvalue weighted by Crippen LogP contribution is -2.37. The zero-order valence-corrected chi connectivity index (χ0v) is 35.9. The minimum atomic E-state index is -4.62. The first-order valence-electron chi connectivity index (χ1n) is 21.5. The van der Waals surface area contributed by atoms with Crippen LogP contribution >= 0.6 is 7.82 Å². The van der Waals surface area contributed by atoms with Crippen molar-refractivity contribution in [1.82, 2.24) is 0 Å². The first-order valence-corrected chi connectivity index (χ1v) is 23.0. The summed E-state index contributed by atoms with van der Waals surface area (Å²) < 4.78 is 33.8. The Morgan fingerprint density at radius 2 is 1.02 bits per heavy atom. The van der Waals surface area contributed by atoms with E-state index in [-0.39, 0.29) is 32.0 Å². The Kier molecular flexibility index (Phi) is 35.1. The molecule has 0 rings (SSSR count). The minimum absolute atomic E-state index is 0.0304. The summed E-state index contributed by atoms with van der Waals surface area (Å²) in [6.45, 7) is 4.19. The highest BCUT2D eigenvalue weighted by Gasteiger charge is 2.21. The second-order valence-corrected chi connectivity index (χ2v) is 17.1. The number of carbonyl (C=O) groups is 2. The van der Waals surface area contributed by atoms with Crippen LogP contribution in [0.4, 0.5) is 0 Å². The number of esters is 2. The highest BCUT2D eigenvalue weighted by molar-refractivity contribution is 7.45. The molecule has 0 aliphatic carbocycles. The average Bonchev–Trinajstić information content (AvgIpc) is 3.10. The van der Waals surface area contributed by atoms with Crippen LogP contribution in [-0.4, -0.2) is 70.0 Å². The Morgan fingerprint density at radius 3 is 1.53 bits per heavy atom. The zero-order chi connectivity index (χ0) is 39.3. The normalized spacial score (nSPS) is 13.8. The third kappa shape index (κ3) is 40.0. The van der Waals surface area contributed by atoms with Gasteiger partial charge < -0.3 is 27.9 Å². The second-order valence-electron chi connectivity index (χ2n) is 15.7. The van der Waals surface area contributed by atoms with Crippen LogP contribution in [0.3, 0.4) is 0 Å². The molecule has 0 spiro atoms. The van der Waals surface area contributed by atoms with E-state index in [0.29, 0.717) is 17.4 Å². The molecule has 10 heteroatoms. The summed E-state index contributed by atoms with van der Waals surface area (Å²) in [5, 5.41) is 0. The Hall–Kier alpha value is -1.51. The zero-order valence-electron chi connectivity index (χ0n) is 35.0. The number of hydrogen-bond acceptors (Lipinski definition) is 8. The molecule has 0 bridgehead atoms. The Bertz CT molecular complexity index is 964. The number of quaternary nitrogens is 1. The molecule has 0 saturated heterocycles. The van der Waals surface area contributed by atoms with E-state index in [1.807, 2.05) is 21.1 Å². The van der Waals surface area contributed by atoms with E-state index in [4.69, 9.17) is 18.5 Å². The van der Waals surface area contributed by atoms with Gasteiger partial charge in [-0.2, -0.15) is 0 Å². The van der Waals surface area contributed by atoms with Gasteiger partial charge in [0, 0.05) is 12.8 Å². The minimum Gasteiger partial charge on any atom is -0.756 e. The van der Waals surface area contributed by atoms with Gasteiger partial charge >= 0.3 is 11.9 Å². The molecule has 0 N–H and O–H groups in total. The number of rotatable bonds is 39. The summed E-state index contributed by atoms with van der Waals surface area (Å²) in [6, 6.07) is 0. The third-order valence-electron chi connectivity index (χ3n) is 9.22. The van der Waals surface area contributed by atoms with Gasteiger partial charge in [0.2, 0.25) is 0 Å². The van der Waals surface area contributed by atoms with Gasteiger partial charge in [0.25, 0.3) is 7.82 Å². The number of unbranched alkanes of at least 4 members (excludes halogenated alkanes) is 21. The molecule has 0 aromatic carbocycles. The molecule has 0 aromatic rings. The van der Waals surface area contributed by atoms with Crippen LogP contribution in [0.2, 0.25) is 0 Å². The smallest absolute Gasteiger partial charge is 0.306 e. The van der Waals surface area contributed by atoms with Crippen molar-refractivity contribution in [3.63, 3.8) is 0 Å².